The van der Waals surface area contributed by atoms with Crippen LogP contribution in [0.1, 0.15) is 29.5 Å². The largest absolute Gasteiger partial charge is 0.369 e. The standard InChI is InChI=1S/C26H37N3/c1-22-7-6-8-23(2)26(22)29-19-17-28(18-20-29)16-15-27-13-11-25(12-14-27)21-24-9-4-3-5-10-24/h3-10,25H,11-21H2,1-2H3. The zero-order valence-electron chi connectivity index (χ0n) is 18.3. The number of aryl methyl sites for hydroxylation is 2. The van der Waals surface area contributed by atoms with Crippen molar-refractivity contribution in [2.45, 2.75) is 33.1 Å². The normalized spacial score (nSPS) is 19.6. The molecule has 2 aliphatic rings. The van der Waals surface area contributed by atoms with Gasteiger partial charge in [0.15, 0.2) is 0 Å². The molecule has 0 aliphatic carbocycles. The van der Waals surface area contributed by atoms with Crippen molar-refractivity contribution in [1.29, 1.82) is 0 Å². The molecule has 3 nitrogen and oxygen atoms in total. The molecule has 2 aromatic carbocycles. The Bertz CT molecular complexity index is 737. The third kappa shape index (κ3) is 5.40. The van der Waals surface area contributed by atoms with E-state index >= 15 is 0 Å². The molecule has 0 amide bonds. The smallest absolute Gasteiger partial charge is 0.0426 e. The fourth-order valence-electron chi connectivity index (χ4n) is 5.14. The maximum atomic E-state index is 2.69. The molecule has 2 aromatic rings. The lowest BCUT2D eigenvalue weighted by Gasteiger charge is -2.39. The lowest BCUT2D eigenvalue weighted by molar-refractivity contribution is 0.152. The van der Waals surface area contributed by atoms with Gasteiger partial charge < -0.3 is 9.80 Å². The number of hydrogen-bond donors (Lipinski definition) is 0. The Labute approximate surface area is 177 Å². The summed E-state index contributed by atoms with van der Waals surface area (Å²) < 4.78 is 0. The monoisotopic (exact) mass is 391 g/mol. The minimum Gasteiger partial charge on any atom is -0.369 e. The van der Waals surface area contributed by atoms with Gasteiger partial charge >= 0.3 is 0 Å². The SMILES string of the molecule is Cc1cccc(C)c1N1CCN(CCN2CCC(Cc3ccccc3)CC2)CC1. The van der Waals surface area contributed by atoms with Crippen molar-refractivity contribution in [3.8, 4) is 0 Å². The third-order valence-corrected chi connectivity index (χ3v) is 6.93. The van der Waals surface area contributed by atoms with E-state index in [-0.39, 0.29) is 0 Å². The summed E-state index contributed by atoms with van der Waals surface area (Å²) in [5, 5.41) is 0. The summed E-state index contributed by atoms with van der Waals surface area (Å²) in [7, 11) is 0. The van der Waals surface area contributed by atoms with E-state index in [1.54, 1.807) is 0 Å². The maximum absolute atomic E-state index is 2.69. The number of nitrogens with zero attached hydrogens (tertiary/aromatic N) is 3. The number of para-hydroxylation sites is 1. The minimum atomic E-state index is 0.870. The van der Waals surface area contributed by atoms with Crippen molar-refractivity contribution < 1.29 is 0 Å². The molecule has 0 bridgehead atoms. The Morgan fingerprint density at radius 2 is 1.28 bits per heavy atom. The molecule has 0 saturated carbocycles. The van der Waals surface area contributed by atoms with E-state index in [2.05, 4.69) is 77.1 Å². The van der Waals surface area contributed by atoms with Crippen molar-refractivity contribution in [1.82, 2.24) is 9.80 Å². The Morgan fingerprint density at radius 1 is 0.690 bits per heavy atom. The van der Waals surface area contributed by atoms with E-state index in [4.69, 9.17) is 0 Å². The molecule has 2 fully saturated rings. The third-order valence-electron chi connectivity index (χ3n) is 6.93. The van der Waals surface area contributed by atoms with E-state index in [0.29, 0.717) is 0 Å². The second-order valence-corrected chi connectivity index (χ2v) is 9.04. The molecule has 29 heavy (non-hydrogen) atoms. The van der Waals surface area contributed by atoms with Crippen LogP contribution in [-0.2, 0) is 6.42 Å². The fourth-order valence-corrected chi connectivity index (χ4v) is 5.14. The summed E-state index contributed by atoms with van der Waals surface area (Å²) in [5.74, 6) is 0.870. The first-order valence-electron chi connectivity index (χ1n) is 11.5. The predicted octanol–water partition coefficient (Wildman–Crippen LogP) is 4.38. The second kappa shape index (κ2) is 9.77. The van der Waals surface area contributed by atoms with Gasteiger partial charge in [0.1, 0.15) is 0 Å². The van der Waals surface area contributed by atoms with Gasteiger partial charge in [-0.15, -0.1) is 0 Å². The zero-order valence-corrected chi connectivity index (χ0v) is 18.3. The van der Waals surface area contributed by atoms with Crippen LogP contribution in [0.4, 0.5) is 5.69 Å². The highest BCUT2D eigenvalue weighted by molar-refractivity contribution is 5.59. The molecule has 0 N–H and O–H groups in total. The van der Waals surface area contributed by atoms with Crippen molar-refractivity contribution >= 4 is 5.69 Å². The first-order valence-corrected chi connectivity index (χ1v) is 11.5. The molecule has 0 atom stereocenters. The van der Waals surface area contributed by atoms with Crippen molar-refractivity contribution in [2.24, 2.45) is 5.92 Å². The quantitative estimate of drug-likeness (QED) is 0.723. The van der Waals surface area contributed by atoms with Crippen molar-refractivity contribution in [3.63, 3.8) is 0 Å². The van der Waals surface area contributed by atoms with Crippen LogP contribution in [0.2, 0.25) is 0 Å². The van der Waals surface area contributed by atoms with E-state index in [0.717, 1.165) is 19.0 Å². The average Bonchev–Trinajstić information content (AvgIpc) is 2.75. The molecule has 0 unspecified atom stereocenters. The van der Waals surface area contributed by atoms with E-state index in [9.17, 15) is 0 Å². The molecule has 3 heteroatoms. The fraction of sp³-hybridized carbons (Fsp3) is 0.538. The summed E-state index contributed by atoms with van der Waals surface area (Å²) in [6.45, 7) is 14.2. The van der Waals surface area contributed by atoms with Crippen molar-refractivity contribution in [2.75, 3.05) is 57.3 Å². The van der Waals surface area contributed by atoms with Crippen LogP contribution >= 0.6 is 0 Å². The molecule has 2 saturated heterocycles. The number of hydrogen-bond acceptors (Lipinski definition) is 3. The predicted molar refractivity (Wildman–Crippen MR) is 124 cm³/mol. The molecule has 0 radical (unpaired) electrons. The van der Waals surface area contributed by atoms with Crippen LogP contribution in [0.25, 0.3) is 0 Å². The molecular formula is C26H37N3. The van der Waals surface area contributed by atoms with Gasteiger partial charge in [-0.2, -0.15) is 0 Å². The number of benzene rings is 2. The molecule has 2 heterocycles. The number of likely N-dealkylation sites (tertiary alicyclic amines) is 1. The Morgan fingerprint density at radius 3 is 1.90 bits per heavy atom. The van der Waals surface area contributed by atoms with Gasteiger partial charge in [-0.25, -0.2) is 0 Å². The van der Waals surface area contributed by atoms with Crippen LogP contribution < -0.4 is 4.90 Å². The molecule has 156 valence electrons. The summed E-state index contributed by atoms with van der Waals surface area (Å²) >= 11 is 0. The van der Waals surface area contributed by atoms with E-state index in [1.807, 2.05) is 0 Å². The van der Waals surface area contributed by atoms with Crippen LogP contribution in [0.15, 0.2) is 48.5 Å². The molecule has 0 spiro atoms. The highest BCUT2D eigenvalue weighted by Crippen LogP contribution is 2.26. The van der Waals surface area contributed by atoms with Crippen molar-refractivity contribution in [3.05, 3.63) is 65.2 Å². The van der Waals surface area contributed by atoms with E-state index < -0.39 is 0 Å². The van der Waals surface area contributed by atoms with Crippen LogP contribution in [0.5, 0.6) is 0 Å². The van der Waals surface area contributed by atoms with Gasteiger partial charge in [0.05, 0.1) is 0 Å². The lowest BCUT2D eigenvalue weighted by Crippen LogP contribution is -2.49. The summed E-state index contributed by atoms with van der Waals surface area (Å²) in [6.07, 6.45) is 3.97. The van der Waals surface area contributed by atoms with Gasteiger partial charge in [0.2, 0.25) is 0 Å². The number of rotatable bonds is 6. The molecule has 0 aromatic heterocycles. The average molecular weight is 392 g/mol. The number of piperazine rings is 1. The van der Waals surface area contributed by atoms with Crippen LogP contribution in [-0.4, -0.2) is 62.2 Å². The minimum absolute atomic E-state index is 0.870. The zero-order chi connectivity index (χ0) is 20.1. The Balaban J connectivity index is 1.17. The lowest BCUT2D eigenvalue weighted by atomic mass is 9.90. The summed E-state index contributed by atoms with van der Waals surface area (Å²) in [6, 6.07) is 17.7. The van der Waals surface area contributed by atoms with Gasteiger partial charge in [-0.1, -0.05) is 48.5 Å². The van der Waals surface area contributed by atoms with Gasteiger partial charge in [0, 0.05) is 45.0 Å². The van der Waals surface area contributed by atoms with Gasteiger partial charge in [-0.3, -0.25) is 4.90 Å². The van der Waals surface area contributed by atoms with E-state index in [1.165, 1.54) is 80.9 Å². The van der Waals surface area contributed by atoms with Crippen LogP contribution in [0.3, 0.4) is 0 Å². The van der Waals surface area contributed by atoms with Gasteiger partial charge in [-0.05, 0) is 68.8 Å². The number of piperidine rings is 1. The molecule has 4 rings (SSSR count). The highest BCUT2D eigenvalue weighted by atomic mass is 15.3. The highest BCUT2D eigenvalue weighted by Gasteiger charge is 2.22. The first kappa shape index (κ1) is 20.4. The van der Waals surface area contributed by atoms with Crippen LogP contribution in [0, 0.1) is 19.8 Å². The molecule has 2 aliphatic heterocycles. The Kier molecular flexibility index (Phi) is 6.89. The number of anilines is 1. The Hall–Kier alpha value is -1.84. The summed E-state index contributed by atoms with van der Waals surface area (Å²) in [4.78, 5) is 7.95. The first-order chi connectivity index (χ1) is 14.2. The maximum Gasteiger partial charge on any atom is 0.0426 e. The molecular weight excluding hydrogens is 354 g/mol. The topological polar surface area (TPSA) is 9.72 Å². The van der Waals surface area contributed by atoms with Gasteiger partial charge in [0.25, 0.3) is 0 Å². The summed E-state index contributed by atoms with van der Waals surface area (Å²) in [5.41, 5.74) is 5.80. The second-order valence-electron chi connectivity index (χ2n) is 9.04.